The van der Waals surface area contributed by atoms with Crippen LogP contribution in [0.25, 0.3) is 0 Å². The highest BCUT2D eigenvalue weighted by atomic mass is 15.3. The zero-order valence-corrected chi connectivity index (χ0v) is 8.29. The van der Waals surface area contributed by atoms with E-state index in [9.17, 15) is 5.26 Å². The van der Waals surface area contributed by atoms with Gasteiger partial charge in [-0.15, -0.1) is 0 Å². The van der Waals surface area contributed by atoms with E-state index >= 15 is 0 Å². The van der Waals surface area contributed by atoms with Crippen molar-refractivity contribution in [2.24, 2.45) is 0 Å². The fourth-order valence-electron chi connectivity index (χ4n) is 2.55. The van der Waals surface area contributed by atoms with E-state index in [1.807, 2.05) is 0 Å². The SMILES string of the molecule is CN1CCC(C#N)(N2CCCC2)C1. The van der Waals surface area contributed by atoms with E-state index in [1.54, 1.807) is 0 Å². The van der Waals surface area contributed by atoms with Crippen molar-refractivity contribution in [1.29, 1.82) is 5.26 Å². The first kappa shape index (κ1) is 8.98. The molecule has 0 amide bonds. The molecule has 13 heavy (non-hydrogen) atoms. The van der Waals surface area contributed by atoms with E-state index in [0.29, 0.717) is 0 Å². The van der Waals surface area contributed by atoms with Gasteiger partial charge < -0.3 is 4.90 Å². The van der Waals surface area contributed by atoms with Crippen molar-refractivity contribution in [3.63, 3.8) is 0 Å². The predicted molar refractivity (Wildman–Crippen MR) is 51.3 cm³/mol. The zero-order chi connectivity index (χ0) is 9.31. The minimum atomic E-state index is -0.148. The van der Waals surface area contributed by atoms with Gasteiger partial charge in [-0.05, 0) is 39.4 Å². The van der Waals surface area contributed by atoms with Crippen LogP contribution in [0.2, 0.25) is 0 Å². The number of likely N-dealkylation sites (N-methyl/N-ethyl adjacent to an activating group) is 1. The molecule has 2 aliphatic heterocycles. The van der Waals surface area contributed by atoms with Crippen LogP contribution in [-0.2, 0) is 0 Å². The van der Waals surface area contributed by atoms with Crippen LogP contribution < -0.4 is 0 Å². The van der Waals surface area contributed by atoms with Gasteiger partial charge in [0.15, 0.2) is 0 Å². The standard InChI is InChI=1S/C10H17N3/c1-12-7-4-10(8-11,9-12)13-5-2-3-6-13/h2-7,9H2,1H3. The fraction of sp³-hybridized carbons (Fsp3) is 0.900. The molecule has 0 aromatic heterocycles. The summed E-state index contributed by atoms with van der Waals surface area (Å²) in [5, 5.41) is 9.28. The second-order valence-electron chi connectivity index (χ2n) is 4.33. The quantitative estimate of drug-likeness (QED) is 0.593. The van der Waals surface area contributed by atoms with Crippen LogP contribution in [-0.4, -0.2) is 48.6 Å². The first-order chi connectivity index (χ1) is 6.27. The highest BCUT2D eigenvalue weighted by Crippen LogP contribution is 2.29. The number of hydrogen-bond donors (Lipinski definition) is 0. The summed E-state index contributed by atoms with van der Waals surface area (Å²) in [6.45, 7) is 4.26. The molecule has 3 nitrogen and oxygen atoms in total. The molecule has 2 rings (SSSR count). The van der Waals surface area contributed by atoms with Gasteiger partial charge in [0.25, 0.3) is 0 Å². The molecule has 2 aliphatic rings. The molecule has 2 fully saturated rings. The van der Waals surface area contributed by atoms with Gasteiger partial charge in [-0.1, -0.05) is 0 Å². The van der Waals surface area contributed by atoms with Crippen molar-refractivity contribution in [2.45, 2.75) is 24.8 Å². The Hall–Kier alpha value is -0.590. The average Bonchev–Trinajstić information content (AvgIpc) is 2.73. The van der Waals surface area contributed by atoms with Crippen molar-refractivity contribution >= 4 is 0 Å². The second-order valence-corrected chi connectivity index (χ2v) is 4.33. The van der Waals surface area contributed by atoms with Crippen molar-refractivity contribution in [2.75, 3.05) is 33.2 Å². The topological polar surface area (TPSA) is 30.3 Å². The van der Waals surface area contributed by atoms with E-state index in [-0.39, 0.29) is 5.54 Å². The molecule has 0 saturated carbocycles. The average molecular weight is 179 g/mol. The van der Waals surface area contributed by atoms with E-state index in [1.165, 1.54) is 12.8 Å². The van der Waals surface area contributed by atoms with Gasteiger partial charge in [0, 0.05) is 13.1 Å². The third kappa shape index (κ3) is 1.45. The zero-order valence-electron chi connectivity index (χ0n) is 8.29. The van der Waals surface area contributed by atoms with Gasteiger partial charge in [-0.25, -0.2) is 0 Å². The Kier molecular flexibility index (Phi) is 2.27. The molecule has 0 spiro atoms. The molecule has 2 saturated heterocycles. The van der Waals surface area contributed by atoms with Gasteiger partial charge in [0.1, 0.15) is 5.54 Å². The smallest absolute Gasteiger partial charge is 0.123 e. The summed E-state index contributed by atoms with van der Waals surface area (Å²) in [7, 11) is 2.11. The lowest BCUT2D eigenvalue weighted by Crippen LogP contribution is -2.47. The van der Waals surface area contributed by atoms with Crippen molar-refractivity contribution < 1.29 is 0 Å². The lowest BCUT2D eigenvalue weighted by atomic mass is 9.99. The third-order valence-corrected chi connectivity index (χ3v) is 3.36. The first-order valence-corrected chi connectivity index (χ1v) is 5.12. The number of hydrogen-bond acceptors (Lipinski definition) is 3. The molecule has 0 aromatic rings. The Labute approximate surface area is 79.9 Å². The number of nitrogens with zero attached hydrogens (tertiary/aromatic N) is 3. The van der Waals surface area contributed by atoms with Crippen molar-refractivity contribution in [1.82, 2.24) is 9.80 Å². The predicted octanol–water partition coefficient (Wildman–Crippen LogP) is 0.680. The lowest BCUT2D eigenvalue weighted by Gasteiger charge is -2.31. The molecule has 0 bridgehead atoms. The number of likely N-dealkylation sites (tertiary alicyclic amines) is 2. The normalized spacial score (nSPS) is 36.6. The monoisotopic (exact) mass is 179 g/mol. The minimum absolute atomic E-state index is 0.148. The summed E-state index contributed by atoms with van der Waals surface area (Å²) in [6, 6.07) is 2.53. The maximum Gasteiger partial charge on any atom is 0.123 e. The molecular weight excluding hydrogens is 162 g/mol. The summed E-state index contributed by atoms with van der Waals surface area (Å²) in [5.41, 5.74) is -0.148. The van der Waals surface area contributed by atoms with E-state index in [2.05, 4.69) is 22.9 Å². The summed E-state index contributed by atoms with van der Waals surface area (Å²) in [5.74, 6) is 0. The Morgan fingerprint density at radius 3 is 2.38 bits per heavy atom. The maximum atomic E-state index is 9.28. The third-order valence-electron chi connectivity index (χ3n) is 3.36. The van der Waals surface area contributed by atoms with Gasteiger partial charge in [-0.2, -0.15) is 5.26 Å². The van der Waals surface area contributed by atoms with E-state index in [0.717, 1.165) is 32.6 Å². The molecule has 0 aromatic carbocycles. The molecule has 1 unspecified atom stereocenters. The first-order valence-electron chi connectivity index (χ1n) is 5.12. The van der Waals surface area contributed by atoms with E-state index < -0.39 is 0 Å². The highest BCUT2D eigenvalue weighted by Gasteiger charge is 2.43. The Bertz CT molecular complexity index is 227. The highest BCUT2D eigenvalue weighted by molar-refractivity contribution is 5.14. The second kappa shape index (κ2) is 3.28. The number of nitriles is 1. The van der Waals surface area contributed by atoms with Crippen LogP contribution in [0.15, 0.2) is 0 Å². The van der Waals surface area contributed by atoms with Crippen LogP contribution in [0.4, 0.5) is 0 Å². The van der Waals surface area contributed by atoms with Gasteiger partial charge >= 0.3 is 0 Å². The van der Waals surface area contributed by atoms with Crippen LogP contribution in [0.1, 0.15) is 19.3 Å². The van der Waals surface area contributed by atoms with Crippen LogP contribution in [0.3, 0.4) is 0 Å². The molecule has 0 N–H and O–H groups in total. The maximum absolute atomic E-state index is 9.28. The summed E-state index contributed by atoms with van der Waals surface area (Å²) in [6.07, 6.45) is 3.57. The number of rotatable bonds is 1. The molecule has 1 atom stereocenters. The molecular formula is C10H17N3. The molecule has 0 aliphatic carbocycles. The van der Waals surface area contributed by atoms with Gasteiger partial charge in [-0.3, -0.25) is 4.90 Å². The summed E-state index contributed by atoms with van der Waals surface area (Å²) < 4.78 is 0. The van der Waals surface area contributed by atoms with Gasteiger partial charge in [0.2, 0.25) is 0 Å². The van der Waals surface area contributed by atoms with Crippen LogP contribution in [0.5, 0.6) is 0 Å². The Balaban J connectivity index is 2.11. The molecule has 2 heterocycles. The van der Waals surface area contributed by atoms with Gasteiger partial charge in [0.05, 0.1) is 6.07 Å². The Morgan fingerprint density at radius 1 is 1.23 bits per heavy atom. The summed E-state index contributed by atoms with van der Waals surface area (Å²) >= 11 is 0. The molecule has 72 valence electrons. The van der Waals surface area contributed by atoms with Crippen LogP contribution in [0, 0.1) is 11.3 Å². The van der Waals surface area contributed by atoms with E-state index in [4.69, 9.17) is 0 Å². The molecule has 0 radical (unpaired) electrons. The lowest BCUT2D eigenvalue weighted by molar-refractivity contribution is 0.179. The summed E-state index contributed by atoms with van der Waals surface area (Å²) in [4.78, 5) is 4.65. The van der Waals surface area contributed by atoms with Crippen LogP contribution >= 0.6 is 0 Å². The Morgan fingerprint density at radius 2 is 1.92 bits per heavy atom. The molecule has 3 heteroatoms. The fourth-order valence-corrected chi connectivity index (χ4v) is 2.55. The largest absolute Gasteiger partial charge is 0.303 e. The van der Waals surface area contributed by atoms with Crippen molar-refractivity contribution in [3.8, 4) is 6.07 Å². The minimum Gasteiger partial charge on any atom is -0.303 e. The van der Waals surface area contributed by atoms with Crippen molar-refractivity contribution in [3.05, 3.63) is 0 Å².